The lowest BCUT2D eigenvalue weighted by Crippen LogP contribution is -2.19. The Bertz CT molecular complexity index is 1230. The number of aromatic carboxylic acids is 1. The van der Waals surface area contributed by atoms with Crippen molar-refractivity contribution in [1.82, 2.24) is 9.78 Å². The second-order valence-electron chi connectivity index (χ2n) is 6.49. The number of halogens is 1. The number of rotatable bonds is 5. The van der Waals surface area contributed by atoms with Crippen molar-refractivity contribution < 1.29 is 19.1 Å². The van der Waals surface area contributed by atoms with Crippen LogP contribution in [-0.4, -0.2) is 26.8 Å². The lowest BCUT2D eigenvalue weighted by molar-refractivity contribution is 0.0696. The average molecular weight is 389 g/mol. The van der Waals surface area contributed by atoms with E-state index in [0.29, 0.717) is 27.8 Å². The molecule has 0 unspecified atom stereocenters. The number of hydrogen-bond acceptors (Lipinski definition) is 3. The molecule has 0 radical (unpaired) electrons. The van der Waals surface area contributed by atoms with Crippen LogP contribution in [0.2, 0.25) is 0 Å². The van der Waals surface area contributed by atoms with Crippen molar-refractivity contribution in [3.63, 3.8) is 0 Å². The van der Waals surface area contributed by atoms with E-state index < -0.39 is 11.9 Å². The van der Waals surface area contributed by atoms with Crippen molar-refractivity contribution in [2.24, 2.45) is 0 Å². The van der Waals surface area contributed by atoms with Gasteiger partial charge in [0.1, 0.15) is 11.5 Å². The second kappa shape index (κ2) is 7.55. The number of aromatic nitrogens is 2. The van der Waals surface area contributed by atoms with Crippen molar-refractivity contribution >= 4 is 28.5 Å². The van der Waals surface area contributed by atoms with E-state index in [1.165, 1.54) is 28.9 Å². The van der Waals surface area contributed by atoms with Gasteiger partial charge in [0.05, 0.1) is 17.6 Å². The molecular weight excluding hydrogens is 373 g/mol. The Kier molecular flexibility index (Phi) is 4.78. The average Bonchev–Trinajstić information content (AvgIpc) is 3.06. The first kappa shape index (κ1) is 18.4. The molecule has 0 aliphatic heterocycles. The molecule has 144 valence electrons. The maximum absolute atomic E-state index is 13.6. The Balaban J connectivity index is 1.72. The van der Waals surface area contributed by atoms with Crippen LogP contribution in [0.15, 0.2) is 72.8 Å². The first-order valence-electron chi connectivity index (χ1n) is 8.86. The van der Waals surface area contributed by atoms with Gasteiger partial charge in [-0.05, 0) is 42.0 Å². The maximum Gasteiger partial charge on any atom is 0.335 e. The number of carbonyl (C=O) groups excluding carboxylic acids is 1. The highest BCUT2D eigenvalue weighted by atomic mass is 19.1. The fourth-order valence-corrected chi connectivity index (χ4v) is 3.16. The van der Waals surface area contributed by atoms with Gasteiger partial charge in [-0.1, -0.05) is 36.4 Å². The fraction of sp³-hybridized carbons (Fsp3) is 0.0455. The highest BCUT2D eigenvalue weighted by Gasteiger charge is 2.19. The molecule has 0 saturated carbocycles. The summed E-state index contributed by atoms with van der Waals surface area (Å²) >= 11 is 0. The zero-order chi connectivity index (χ0) is 20.4. The minimum Gasteiger partial charge on any atom is -0.478 e. The molecule has 0 fully saturated rings. The molecule has 0 aliphatic carbocycles. The molecule has 7 heteroatoms. The summed E-state index contributed by atoms with van der Waals surface area (Å²) in [6.07, 6.45) is 0. The van der Waals surface area contributed by atoms with Gasteiger partial charge in [0.2, 0.25) is 0 Å². The third-order valence-corrected chi connectivity index (χ3v) is 4.45. The van der Waals surface area contributed by atoms with E-state index in [9.17, 15) is 14.0 Å². The number of benzene rings is 3. The topological polar surface area (TPSA) is 84.2 Å². The Morgan fingerprint density at radius 1 is 1.00 bits per heavy atom. The molecule has 2 N–H and O–H groups in total. The van der Waals surface area contributed by atoms with Gasteiger partial charge in [-0.3, -0.25) is 9.48 Å². The quantitative estimate of drug-likeness (QED) is 0.536. The van der Waals surface area contributed by atoms with Crippen molar-refractivity contribution in [1.29, 1.82) is 0 Å². The predicted octanol–water partition coefficient (Wildman–Crippen LogP) is 4.17. The highest BCUT2D eigenvalue weighted by molar-refractivity contribution is 6.11. The van der Waals surface area contributed by atoms with Crippen LogP contribution in [-0.2, 0) is 6.54 Å². The number of amides is 1. The van der Waals surface area contributed by atoms with E-state index in [4.69, 9.17) is 5.11 Å². The van der Waals surface area contributed by atoms with E-state index in [1.54, 1.807) is 42.5 Å². The monoisotopic (exact) mass is 389 g/mol. The van der Waals surface area contributed by atoms with Crippen molar-refractivity contribution in [3.05, 3.63) is 95.4 Å². The molecule has 0 bridgehead atoms. The number of carboxylic acids is 1. The fourth-order valence-electron chi connectivity index (χ4n) is 3.16. The summed E-state index contributed by atoms with van der Waals surface area (Å²) in [5, 5.41) is 17.0. The third kappa shape index (κ3) is 3.84. The molecule has 4 aromatic rings. The molecule has 0 spiro atoms. The normalized spacial score (nSPS) is 10.8. The minimum absolute atomic E-state index is 0.0703. The molecule has 4 rings (SSSR count). The summed E-state index contributed by atoms with van der Waals surface area (Å²) in [5.74, 6) is -1.88. The zero-order valence-electron chi connectivity index (χ0n) is 15.2. The molecule has 1 heterocycles. The SMILES string of the molecule is O=C(O)c1cccc(NC(=O)c2c3ccccc3nn2Cc2cccc(F)c2)c1. The van der Waals surface area contributed by atoms with Gasteiger partial charge in [0.15, 0.2) is 0 Å². The molecular formula is C22H16FN3O3. The van der Waals surface area contributed by atoms with Crippen LogP contribution in [0.5, 0.6) is 0 Å². The van der Waals surface area contributed by atoms with Crippen LogP contribution >= 0.6 is 0 Å². The predicted molar refractivity (Wildman–Crippen MR) is 107 cm³/mol. The summed E-state index contributed by atoms with van der Waals surface area (Å²) in [6.45, 7) is 0.213. The number of hydrogen-bond donors (Lipinski definition) is 2. The second-order valence-corrected chi connectivity index (χ2v) is 6.49. The standard InChI is InChI=1S/C22H16FN3O3/c23-16-7-3-5-14(11-16)13-26-20(18-9-1-2-10-19(18)25-26)21(27)24-17-8-4-6-15(12-17)22(28)29/h1-12H,13H2,(H,24,27)(H,28,29). The first-order chi connectivity index (χ1) is 14.0. The van der Waals surface area contributed by atoms with Crippen molar-refractivity contribution in [3.8, 4) is 0 Å². The molecule has 6 nitrogen and oxygen atoms in total. The molecule has 1 amide bonds. The van der Waals surface area contributed by atoms with Crippen LogP contribution in [0.25, 0.3) is 10.9 Å². The van der Waals surface area contributed by atoms with Gasteiger partial charge in [-0.2, -0.15) is 5.10 Å². The number of nitrogens with one attached hydrogen (secondary N) is 1. The zero-order valence-corrected chi connectivity index (χ0v) is 15.2. The van der Waals surface area contributed by atoms with Gasteiger partial charge in [0, 0.05) is 11.1 Å². The van der Waals surface area contributed by atoms with Crippen LogP contribution in [0.4, 0.5) is 10.1 Å². The lowest BCUT2D eigenvalue weighted by Gasteiger charge is -2.10. The summed E-state index contributed by atoms with van der Waals surface area (Å²) in [6, 6.07) is 19.3. The van der Waals surface area contributed by atoms with Crippen LogP contribution in [0, 0.1) is 5.82 Å². The van der Waals surface area contributed by atoms with E-state index in [1.807, 2.05) is 6.07 Å². The van der Waals surface area contributed by atoms with Crippen LogP contribution in [0.1, 0.15) is 26.4 Å². The van der Waals surface area contributed by atoms with Crippen LogP contribution < -0.4 is 5.32 Å². The molecule has 29 heavy (non-hydrogen) atoms. The molecule has 0 saturated heterocycles. The Hall–Kier alpha value is -4.00. The molecule has 3 aromatic carbocycles. The maximum atomic E-state index is 13.6. The van der Waals surface area contributed by atoms with Gasteiger partial charge in [-0.25, -0.2) is 9.18 Å². The number of anilines is 1. The van der Waals surface area contributed by atoms with Gasteiger partial charge >= 0.3 is 5.97 Å². The third-order valence-electron chi connectivity index (χ3n) is 4.45. The van der Waals surface area contributed by atoms with Gasteiger partial charge in [-0.15, -0.1) is 0 Å². The van der Waals surface area contributed by atoms with E-state index >= 15 is 0 Å². The van der Waals surface area contributed by atoms with Crippen molar-refractivity contribution in [2.45, 2.75) is 6.54 Å². The number of carboxylic acid groups (broad SMARTS) is 1. The number of nitrogens with zero attached hydrogens (tertiary/aromatic N) is 2. The van der Waals surface area contributed by atoms with Crippen molar-refractivity contribution in [2.75, 3.05) is 5.32 Å². The largest absolute Gasteiger partial charge is 0.478 e. The van der Waals surface area contributed by atoms with E-state index in [-0.39, 0.29) is 17.9 Å². The first-order valence-corrected chi connectivity index (χ1v) is 8.86. The Morgan fingerprint density at radius 2 is 1.79 bits per heavy atom. The molecule has 0 atom stereocenters. The molecule has 1 aromatic heterocycles. The number of carbonyl (C=O) groups is 2. The highest BCUT2D eigenvalue weighted by Crippen LogP contribution is 2.21. The van der Waals surface area contributed by atoms with Gasteiger partial charge in [0.25, 0.3) is 5.91 Å². The number of fused-ring (bicyclic) bond motifs is 1. The Labute approximate surface area is 165 Å². The van der Waals surface area contributed by atoms with E-state index in [2.05, 4.69) is 10.4 Å². The summed E-state index contributed by atoms with van der Waals surface area (Å²) < 4.78 is 15.1. The van der Waals surface area contributed by atoms with Gasteiger partial charge < -0.3 is 10.4 Å². The van der Waals surface area contributed by atoms with E-state index in [0.717, 1.165) is 0 Å². The summed E-state index contributed by atoms with van der Waals surface area (Å²) in [4.78, 5) is 24.2. The smallest absolute Gasteiger partial charge is 0.335 e. The lowest BCUT2D eigenvalue weighted by atomic mass is 10.1. The summed E-state index contributed by atoms with van der Waals surface area (Å²) in [5.41, 5.74) is 2.04. The van der Waals surface area contributed by atoms with Crippen LogP contribution in [0.3, 0.4) is 0 Å². The molecule has 0 aliphatic rings. The summed E-state index contributed by atoms with van der Waals surface area (Å²) in [7, 11) is 0. The minimum atomic E-state index is -1.08. The Morgan fingerprint density at radius 3 is 2.59 bits per heavy atom.